The smallest absolute Gasteiger partial charge is 0.255 e. The summed E-state index contributed by atoms with van der Waals surface area (Å²) in [6, 6.07) is 1.76. The van der Waals surface area contributed by atoms with Gasteiger partial charge in [-0.2, -0.15) is 0 Å². The van der Waals surface area contributed by atoms with E-state index in [0.717, 1.165) is 26.2 Å². The van der Waals surface area contributed by atoms with Gasteiger partial charge in [-0.15, -0.1) is 0 Å². The molecule has 98 valence electrons. The summed E-state index contributed by atoms with van der Waals surface area (Å²) >= 11 is 3.34. The predicted molar refractivity (Wildman–Crippen MR) is 71.9 cm³/mol. The molecule has 1 fully saturated rings. The SMILES string of the molecule is COc1ncc(C(=O)N2CCN(C)CC2)cc1Br. The summed E-state index contributed by atoms with van der Waals surface area (Å²) in [5.41, 5.74) is 0.590. The fourth-order valence-corrected chi connectivity index (χ4v) is 2.40. The van der Waals surface area contributed by atoms with Crippen LogP contribution in [-0.4, -0.2) is 61.0 Å². The molecule has 18 heavy (non-hydrogen) atoms. The van der Waals surface area contributed by atoms with E-state index >= 15 is 0 Å². The lowest BCUT2D eigenvalue weighted by Gasteiger charge is -2.32. The van der Waals surface area contributed by atoms with E-state index in [1.165, 1.54) is 0 Å². The molecule has 1 aromatic heterocycles. The van der Waals surface area contributed by atoms with Gasteiger partial charge in [0.15, 0.2) is 0 Å². The number of carbonyl (C=O) groups excluding carboxylic acids is 1. The van der Waals surface area contributed by atoms with Crippen LogP contribution in [0.3, 0.4) is 0 Å². The lowest BCUT2D eigenvalue weighted by atomic mass is 10.2. The second kappa shape index (κ2) is 5.67. The molecular formula is C12H16BrN3O2. The Hall–Kier alpha value is -1.14. The number of rotatable bonds is 2. The number of hydrogen-bond donors (Lipinski definition) is 0. The van der Waals surface area contributed by atoms with Crippen LogP contribution in [0.1, 0.15) is 10.4 Å². The molecule has 2 rings (SSSR count). The van der Waals surface area contributed by atoms with Crippen molar-refractivity contribution in [3.05, 3.63) is 22.3 Å². The van der Waals surface area contributed by atoms with Crippen LogP contribution in [0.5, 0.6) is 5.88 Å². The van der Waals surface area contributed by atoms with Crippen LogP contribution >= 0.6 is 15.9 Å². The van der Waals surface area contributed by atoms with E-state index in [9.17, 15) is 4.79 Å². The monoisotopic (exact) mass is 313 g/mol. The first-order valence-corrected chi connectivity index (χ1v) is 6.58. The molecule has 0 spiro atoms. The van der Waals surface area contributed by atoms with Crippen molar-refractivity contribution in [2.24, 2.45) is 0 Å². The highest BCUT2D eigenvalue weighted by Gasteiger charge is 2.21. The molecule has 0 bridgehead atoms. The molecule has 1 aromatic rings. The molecule has 0 saturated carbocycles. The average Bonchev–Trinajstić information content (AvgIpc) is 2.38. The molecule has 6 heteroatoms. The van der Waals surface area contributed by atoms with Crippen LogP contribution < -0.4 is 4.74 Å². The molecule has 0 unspecified atom stereocenters. The van der Waals surface area contributed by atoms with Gasteiger partial charge in [0, 0.05) is 32.4 Å². The number of aromatic nitrogens is 1. The summed E-state index contributed by atoms with van der Waals surface area (Å²) in [4.78, 5) is 20.4. The van der Waals surface area contributed by atoms with Gasteiger partial charge in [-0.25, -0.2) is 4.98 Å². The summed E-state index contributed by atoms with van der Waals surface area (Å²) in [6.07, 6.45) is 1.56. The van der Waals surface area contributed by atoms with E-state index in [1.807, 2.05) is 4.90 Å². The third kappa shape index (κ3) is 2.81. The molecular weight excluding hydrogens is 298 g/mol. The van der Waals surface area contributed by atoms with Crippen LogP contribution in [0.15, 0.2) is 16.7 Å². The topological polar surface area (TPSA) is 45.7 Å². The molecule has 1 aliphatic heterocycles. The van der Waals surface area contributed by atoms with Gasteiger partial charge in [-0.1, -0.05) is 0 Å². The summed E-state index contributed by atoms with van der Waals surface area (Å²) < 4.78 is 5.75. The molecule has 0 aromatic carbocycles. The Labute approximate surface area is 115 Å². The highest BCUT2D eigenvalue weighted by molar-refractivity contribution is 9.10. The van der Waals surface area contributed by atoms with Gasteiger partial charge in [0.2, 0.25) is 5.88 Å². The first-order chi connectivity index (χ1) is 8.61. The van der Waals surface area contributed by atoms with Gasteiger partial charge >= 0.3 is 0 Å². The number of likely N-dealkylation sites (N-methyl/N-ethyl adjacent to an activating group) is 1. The van der Waals surface area contributed by atoms with Crippen molar-refractivity contribution in [3.8, 4) is 5.88 Å². The third-order valence-electron chi connectivity index (χ3n) is 3.04. The minimum atomic E-state index is 0.0268. The zero-order valence-corrected chi connectivity index (χ0v) is 12.1. The summed E-state index contributed by atoms with van der Waals surface area (Å²) in [7, 11) is 3.61. The van der Waals surface area contributed by atoms with Gasteiger partial charge in [0.1, 0.15) is 0 Å². The second-order valence-electron chi connectivity index (χ2n) is 4.31. The maximum atomic E-state index is 12.3. The fraction of sp³-hybridized carbons (Fsp3) is 0.500. The number of amides is 1. The summed E-state index contributed by atoms with van der Waals surface area (Å²) in [6.45, 7) is 3.35. The van der Waals surface area contributed by atoms with Crippen molar-refractivity contribution in [1.29, 1.82) is 0 Å². The van der Waals surface area contributed by atoms with Crippen LogP contribution in [0.2, 0.25) is 0 Å². The highest BCUT2D eigenvalue weighted by atomic mass is 79.9. The number of hydrogen-bond acceptors (Lipinski definition) is 4. The van der Waals surface area contributed by atoms with Gasteiger partial charge < -0.3 is 14.5 Å². The Balaban J connectivity index is 2.11. The van der Waals surface area contributed by atoms with Gasteiger partial charge in [-0.3, -0.25) is 4.79 Å². The Morgan fingerprint density at radius 3 is 2.61 bits per heavy atom. The average molecular weight is 314 g/mol. The van der Waals surface area contributed by atoms with Crippen molar-refractivity contribution < 1.29 is 9.53 Å². The lowest BCUT2D eigenvalue weighted by molar-refractivity contribution is 0.0663. The third-order valence-corrected chi connectivity index (χ3v) is 3.61. The first kappa shape index (κ1) is 13.3. The zero-order valence-electron chi connectivity index (χ0n) is 10.5. The molecule has 0 aliphatic carbocycles. The van der Waals surface area contributed by atoms with E-state index in [-0.39, 0.29) is 5.91 Å². The van der Waals surface area contributed by atoms with Crippen LogP contribution in [-0.2, 0) is 0 Å². The maximum Gasteiger partial charge on any atom is 0.255 e. The van der Waals surface area contributed by atoms with Crippen molar-refractivity contribution in [1.82, 2.24) is 14.8 Å². The van der Waals surface area contributed by atoms with E-state index < -0.39 is 0 Å². The van der Waals surface area contributed by atoms with Crippen LogP contribution in [0.25, 0.3) is 0 Å². The van der Waals surface area contributed by atoms with Crippen LogP contribution in [0.4, 0.5) is 0 Å². The normalized spacial score (nSPS) is 16.7. The van der Waals surface area contributed by atoms with Crippen molar-refractivity contribution in [2.75, 3.05) is 40.3 Å². The molecule has 1 amide bonds. The highest BCUT2D eigenvalue weighted by Crippen LogP contribution is 2.23. The molecule has 1 aliphatic rings. The molecule has 5 nitrogen and oxygen atoms in total. The quantitative estimate of drug-likeness (QED) is 0.824. The number of pyridine rings is 1. The van der Waals surface area contributed by atoms with Gasteiger partial charge in [-0.05, 0) is 29.0 Å². The number of methoxy groups -OCH3 is 1. The van der Waals surface area contributed by atoms with Crippen molar-refractivity contribution in [3.63, 3.8) is 0 Å². The largest absolute Gasteiger partial charge is 0.480 e. The van der Waals surface area contributed by atoms with Gasteiger partial charge in [0.25, 0.3) is 5.91 Å². The first-order valence-electron chi connectivity index (χ1n) is 5.79. The molecule has 0 atom stereocenters. The summed E-state index contributed by atoms with van der Waals surface area (Å²) in [5.74, 6) is 0.517. The number of nitrogens with zero attached hydrogens (tertiary/aromatic N) is 3. The predicted octanol–water partition coefficient (Wildman–Crippen LogP) is 1.24. The number of ether oxygens (including phenoxy) is 1. The fourth-order valence-electron chi connectivity index (χ4n) is 1.88. The lowest BCUT2D eigenvalue weighted by Crippen LogP contribution is -2.47. The van der Waals surface area contributed by atoms with Crippen molar-refractivity contribution >= 4 is 21.8 Å². The Morgan fingerprint density at radius 1 is 1.39 bits per heavy atom. The number of carbonyl (C=O) groups is 1. The Bertz CT molecular complexity index is 445. The van der Waals surface area contributed by atoms with Crippen LogP contribution in [0, 0.1) is 0 Å². The maximum absolute atomic E-state index is 12.3. The van der Waals surface area contributed by atoms with Gasteiger partial charge in [0.05, 0.1) is 17.1 Å². The van der Waals surface area contributed by atoms with E-state index in [1.54, 1.807) is 19.4 Å². The molecule has 2 heterocycles. The minimum Gasteiger partial charge on any atom is -0.480 e. The molecule has 0 N–H and O–H groups in total. The second-order valence-corrected chi connectivity index (χ2v) is 5.16. The summed E-state index contributed by atoms with van der Waals surface area (Å²) in [5, 5.41) is 0. The Kier molecular flexibility index (Phi) is 4.19. The van der Waals surface area contributed by atoms with E-state index in [4.69, 9.17) is 4.74 Å². The zero-order chi connectivity index (χ0) is 13.1. The Morgan fingerprint density at radius 2 is 2.06 bits per heavy atom. The van der Waals surface area contributed by atoms with E-state index in [0.29, 0.717) is 15.9 Å². The standard InChI is InChI=1S/C12H16BrN3O2/c1-15-3-5-16(6-4-15)12(17)9-7-10(13)11(18-2)14-8-9/h7-8H,3-6H2,1-2H3. The number of halogens is 1. The minimum absolute atomic E-state index is 0.0268. The van der Waals surface area contributed by atoms with Crippen molar-refractivity contribution in [2.45, 2.75) is 0 Å². The molecule has 1 saturated heterocycles. The van der Waals surface area contributed by atoms with E-state index in [2.05, 4.69) is 32.9 Å². The molecule has 0 radical (unpaired) electrons. The number of piperazine rings is 1.